The third kappa shape index (κ3) is 3.76. The molecule has 0 aromatic heterocycles. The smallest absolute Gasteiger partial charge is 0.227 e. The fraction of sp³-hybridized carbons (Fsp3) is 0.455. The van der Waals surface area contributed by atoms with E-state index >= 15 is 0 Å². The van der Waals surface area contributed by atoms with Crippen LogP contribution in [0.3, 0.4) is 0 Å². The Morgan fingerprint density at radius 2 is 2.06 bits per heavy atom. The van der Waals surface area contributed by atoms with Gasteiger partial charge in [0.2, 0.25) is 6.04 Å². The van der Waals surface area contributed by atoms with Crippen molar-refractivity contribution >= 4 is 5.69 Å². The molecule has 16 heavy (non-hydrogen) atoms. The molecule has 88 valence electrons. The maximum Gasteiger partial charge on any atom is 0.227 e. The molecule has 1 aromatic carbocycles. The molecule has 1 unspecified atom stereocenters. The van der Waals surface area contributed by atoms with E-state index in [4.69, 9.17) is 4.74 Å². The summed E-state index contributed by atoms with van der Waals surface area (Å²) in [7, 11) is 0. The van der Waals surface area contributed by atoms with Crippen LogP contribution in [0.15, 0.2) is 24.3 Å². The van der Waals surface area contributed by atoms with Crippen LogP contribution < -0.4 is 10.1 Å². The zero-order chi connectivity index (χ0) is 12.0. The summed E-state index contributed by atoms with van der Waals surface area (Å²) >= 11 is 0. The predicted molar refractivity (Wildman–Crippen MR) is 62.6 cm³/mol. The number of hydrogen-bond donors (Lipinski definition) is 1. The Hall–Kier alpha value is -1.78. The first-order valence-corrected chi connectivity index (χ1v) is 5.23. The van der Waals surface area contributed by atoms with Gasteiger partial charge < -0.3 is 10.1 Å². The molecule has 0 bridgehead atoms. The molecule has 0 aliphatic rings. The Balaban J connectivity index is 2.46. The highest BCUT2D eigenvalue weighted by Gasteiger charge is 2.11. The van der Waals surface area contributed by atoms with E-state index in [0.717, 1.165) is 11.4 Å². The highest BCUT2D eigenvalue weighted by atomic mass is 16.6. The third-order valence-corrected chi connectivity index (χ3v) is 2.13. The molecular weight excluding hydrogens is 208 g/mol. The second-order valence-electron chi connectivity index (χ2n) is 3.47. The van der Waals surface area contributed by atoms with E-state index in [1.165, 1.54) is 0 Å². The van der Waals surface area contributed by atoms with Crippen molar-refractivity contribution < 1.29 is 9.66 Å². The fourth-order valence-corrected chi connectivity index (χ4v) is 1.18. The van der Waals surface area contributed by atoms with E-state index < -0.39 is 6.04 Å². The molecule has 0 saturated carbocycles. The summed E-state index contributed by atoms with van der Waals surface area (Å²) in [5, 5.41) is 13.4. The summed E-state index contributed by atoms with van der Waals surface area (Å²) < 4.78 is 5.29. The summed E-state index contributed by atoms with van der Waals surface area (Å²) in [5.74, 6) is 0.801. The number of anilines is 1. The van der Waals surface area contributed by atoms with Crippen molar-refractivity contribution in [1.29, 1.82) is 0 Å². The van der Waals surface area contributed by atoms with E-state index in [0.29, 0.717) is 13.2 Å². The third-order valence-electron chi connectivity index (χ3n) is 2.13. The maximum absolute atomic E-state index is 10.4. The first-order chi connectivity index (χ1) is 7.63. The van der Waals surface area contributed by atoms with Gasteiger partial charge in [-0.25, -0.2) is 0 Å². The van der Waals surface area contributed by atoms with Crippen molar-refractivity contribution in [2.75, 3.05) is 18.5 Å². The molecule has 1 rings (SSSR count). The van der Waals surface area contributed by atoms with Crippen LogP contribution in [-0.4, -0.2) is 24.1 Å². The Bertz CT molecular complexity index is 338. The summed E-state index contributed by atoms with van der Waals surface area (Å²) in [4.78, 5) is 10.1. The summed E-state index contributed by atoms with van der Waals surface area (Å²) in [6.45, 7) is 4.44. The molecule has 0 fully saturated rings. The van der Waals surface area contributed by atoms with Crippen LogP contribution in [0.2, 0.25) is 0 Å². The lowest BCUT2D eigenvalue weighted by molar-refractivity contribution is -0.514. The SMILES string of the molecule is CCOc1ccc(NCC(C)[N+](=O)[O-])cc1. The predicted octanol–water partition coefficient (Wildman–Crippen LogP) is 2.16. The number of nitrogens with one attached hydrogen (secondary N) is 1. The largest absolute Gasteiger partial charge is 0.494 e. The molecule has 1 atom stereocenters. The van der Waals surface area contributed by atoms with Crippen LogP contribution in [0.25, 0.3) is 0 Å². The minimum Gasteiger partial charge on any atom is -0.494 e. The molecule has 0 amide bonds. The van der Waals surface area contributed by atoms with Crippen LogP contribution in [0.1, 0.15) is 13.8 Å². The molecule has 5 nitrogen and oxygen atoms in total. The molecule has 0 saturated heterocycles. The Morgan fingerprint density at radius 1 is 1.44 bits per heavy atom. The number of nitrogens with zero attached hydrogens (tertiary/aromatic N) is 1. The number of rotatable bonds is 6. The van der Waals surface area contributed by atoms with E-state index in [9.17, 15) is 10.1 Å². The lowest BCUT2D eigenvalue weighted by atomic mass is 10.3. The van der Waals surface area contributed by atoms with Crippen LogP contribution in [-0.2, 0) is 0 Å². The standard InChI is InChI=1S/C11H16N2O3/c1-3-16-11-6-4-10(5-7-11)12-8-9(2)13(14)15/h4-7,9,12H,3,8H2,1-2H3. The Morgan fingerprint density at radius 3 is 2.56 bits per heavy atom. The molecule has 0 heterocycles. The lowest BCUT2D eigenvalue weighted by Crippen LogP contribution is -2.24. The van der Waals surface area contributed by atoms with Gasteiger partial charge in [0.05, 0.1) is 13.2 Å². The average molecular weight is 224 g/mol. The zero-order valence-corrected chi connectivity index (χ0v) is 9.47. The first-order valence-electron chi connectivity index (χ1n) is 5.23. The van der Waals surface area contributed by atoms with Crippen molar-refractivity contribution in [3.63, 3.8) is 0 Å². The van der Waals surface area contributed by atoms with Gasteiger partial charge in [0.1, 0.15) is 5.75 Å². The molecule has 0 radical (unpaired) electrons. The minimum absolute atomic E-state index is 0.304. The highest BCUT2D eigenvalue weighted by molar-refractivity contribution is 5.46. The van der Waals surface area contributed by atoms with Crippen LogP contribution in [0.4, 0.5) is 5.69 Å². The van der Waals surface area contributed by atoms with Crippen molar-refractivity contribution in [3.8, 4) is 5.75 Å². The molecule has 1 N–H and O–H groups in total. The minimum atomic E-state index is -0.591. The van der Waals surface area contributed by atoms with Crippen molar-refractivity contribution in [3.05, 3.63) is 34.4 Å². The van der Waals surface area contributed by atoms with Gasteiger partial charge in [0, 0.05) is 17.5 Å². The molecule has 0 aliphatic heterocycles. The Kier molecular flexibility index (Phi) is 4.57. The van der Waals surface area contributed by atoms with Gasteiger partial charge in [-0.3, -0.25) is 10.1 Å². The molecule has 0 spiro atoms. The quantitative estimate of drug-likeness (QED) is 0.594. The van der Waals surface area contributed by atoms with Gasteiger partial charge in [-0.05, 0) is 31.2 Å². The van der Waals surface area contributed by atoms with Gasteiger partial charge in [-0.2, -0.15) is 0 Å². The van der Waals surface area contributed by atoms with Gasteiger partial charge in [0.25, 0.3) is 0 Å². The van der Waals surface area contributed by atoms with Gasteiger partial charge in [0.15, 0.2) is 0 Å². The van der Waals surface area contributed by atoms with E-state index in [1.54, 1.807) is 6.92 Å². The van der Waals surface area contributed by atoms with Crippen molar-refractivity contribution in [2.45, 2.75) is 19.9 Å². The summed E-state index contributed by atoms with van der Waals surface area (Å²) in [5.41, 5.74) is 0.858. The number of hydrogen-bond acceptors (Lipinski definition) is 4. The number of nitro groups is 1. The zero-order valence-electron chi connectivity index (χ0n) is 9.47. The average Bonchev–Trinajstić information content (AvgIpc) is 2.28. The molecule has 0 aliphatic carbocycles. The van der Waals surface area contributed by atoms with Crippen LogP contribution >= 0.6 is 0 Å². The van der Waals surface area contributed by atoms with Gasteiger partial charge in [-0.1, -0.05) is 0 Å². The van der Waals surface area contributed by atoms with Crippen molar-refractivity contribution in [2.24, 2.45) is 0 Å². The van der Waals surface area contributed by atoms with Gasteiger partial charge >= 0.3 is 0 Å². The summed E-state index contributed by atoms with van der Waals surface area (Å²) in [6, 6.07) is 6.77. The normalized spacial score (nSPS) is 11.9. The molecule has 5 heteroatoms. The molecular formula is C11H16N2O3. The second-order valence-corrected chi connectivity index (χ2v) is 3.47. The van der Waals surface area contributed by atoms with E-state index in [1.807, 2.05) is 31.2 Å². The molecule has 1 aromatic rings. The number of ether oxygens (including phenoxy) is 1. The second kappa shape index (κ2) is 5.95. The first kappa shape index (κ1) is 12.3. The monoisotopic (exact) mass is 224 g/mol. The summed E-state index contributed by atoms with van der Waals surface area (Å²) in [6.07, 6.45) is 0. The van der Waals surface area contributed by atoms with E-state index in [2.05, 4.69) is 5.32 Å². The highest BCUT2D eigenvalue weighted by Crippen LogP contribution is 2.15. The fourth-order valence-electron chi connectivity index (χ4n) is 1.18. The van der Waals surface area contributed by atoms with Gasteiger partial charge in [-0.15, -0.1) is 0 Å². The van der Waals surface area contributed by atoms with Crippen LogP contribution in [0, 0.1) is 10.1 Å². The lowest BCUT2D eigenvalue weighted by Gasteiger charge is -2.08. The van der Waals surface area contributed by atoms with E-state index in [-0.39, 0.29) is 4.92 Å². The van der Waals surface area contributed by atoms with Crippen molar-refractivity contribution in [1.82, 2.24) is 0 Å². The number of benzene rings is 1. The Labute approximate surface area is 94.6 Å². The topological polar surface area (TPSA) is 64.4 Å². The van der Waals surface area contributed by atoms with Crippen LogP contribution in [0.5, 0.6) is 5.75 Å². The maximum atomic E-state index is 10.4.